The van der Waals surface area contributed by atoms with Gasteiger partial charge in [0.2, 0.25) is 0 Å². The molecule has 1 aliphatic rings. The lowest BCUT2D eigenvalue weighted by Crippen LogP contribution is -2.45. The number of nitrogens with one attached hydrogen (secondary N) is 2. The second kappa shape index (κ2) is 6.93. The fourth-order valence-electron chi connectivity index (χ4n) is 3.00. The number of piperazine rings is 1. The number of carbonyl (C=O) groups excluding carboxylic acids is 1. The van der Waals surface area contributed by atoms with Gasteiger partial charge in [-0.3, -0.25) is 9.69 Å². The Balaban J connectivity index is 1.82. The van der Waals surface area contributed by atoms with Crippen molar-refractivity contribution in [2.24, 2.45) is 0 Å². The summed E-state index contributed by atoms with van der Waals surface area (Å²) in [6, 6.07) is 10.0. The molecule has 1 aromatic heterocycles. The standard InChI is InChI=1S/C17H22N4O2/c1-12-8-15(20-23-12)11-21-7-6-19-10-16(21)13-4-3-5-14(9-13)17(22)18-2/h3-5,8-9,16,19H,6-7,10-11H2,1-2H3,(H,18,22)/t16-/m1/s1. The molecule has 0 bridgehead atoms. The Bertz CT molecular complexity index is 683. The van der Waals surface area contributed by atoms with Gasteiger partial charge in [0.05, 0.1) is 5.69 Å². The summed E-state index contributed by atoms with van der Waals surface area (Å²) in [5.41, 5.74) is 2.77. The number of hydrogen-bond acceptors (Lipinski definition) is 5. The number of carbonyl (C=O) groups is 1. The molecule has 3 rings (SSSR count). The summed E-state index contributed by atoms with van der Waals surface area (Å²) in [4.78, 5) is 14.2. The summed E-state index contributed by atoms with van der Waals surface area (Å²) >= 11 is 0. The van der Waals surface area contributed by atoms with Crippen LogP contribution >= 0.6 is 0 Å². The van der Waals surface area contributed by atoms with Gasteiger partial charge in [-0.1, -0.05) is 17.3 Å². The molecule has 122 valence electrons. The number of benzene rings is 1. The molecule has 23 heavy (non-hydrogen) atoms. The first-order valence-electron chi connectivity index (χ1n) is 7.86. The molecule has 2 aromatic rings. The van der Waals surface area contributed by atoms with E-state index in [9.17, 15) is 4.79 Å². The highest BCUT2D eigenvalue weighted by Gasteiger charge is 2.25. The van der Waals surface area contributed by atoms with Crippen molar-refractivity contribution in [2.45, 2.75) is 19.5 Å². The Morgan fingerprint density at radius 1 is 1.48 bits per heavy atom. The van der Waals surface area contributed by atoms with Gasteiger partial charge < -0.3 is 15.2 Å². The van der Waals surface area contributed by atoms with E-state index in [0.29, 0.717) is 5.56 Å². The summed E-state index contributed by atoms with van der Waals surface area (Å²) in [7, 11) is 1.65. The third kappa shape index (κ3) is 3.60. The molecule has 0 unspecified atom stereocenters. The lowest BCUT2D eigenvalue weighted by molar-refractivity contribution is 0.0962. The quantitative estimate of drug-likeness (QED) is 0.895. The minimum atomic E-state index is -0.0608. The zero-order chi connectivity index (χ0) is 16.2. The fourth-order valence-corrected chi connectivity index (χ4v) is 3.00. The van der Waals surface area contributed by atoms with E-state index in [0.717, 1.165) is 43.2 Å². The van der Waals surface area contributed by atoms with Crippen LogP contribution < -0.4 is 10.6 Å². The van der Waals surface area contributed by atoms with Crippen LogP contribution in [0.5, 0.6) is 0 Å². The van der Waals surface area contributed by atoms with Gasteiger partial charge >= 0.3 is 0 Å². The maximum Gasteiger partial charge on any atom is 0.251 e. The zero-order valence-electron chi connectivity index (χ0n) is 13.5. The number of nitrogens with zero attached hydrogens (tertiary/aromatic N) is 2. The van der Waals surface area contributed by atoms with E-state index in [2.05, 4.69) is 26.8 Å². The Kier molecular flexibility index (Phi) is 4.73. The molecule has 6 nitrogen and oxygen atoms in total. The third-order valence-electron chi connectivity index (χ3n) is 4.16. The molecule has 6 heteroatoms. The first kappa shape index (κ1) is 15.7. The maximum absolute atomic E-state index is 11.9. The highest BCUT2D eigenvalue weighted by Crippen LogP contribution is 2.25. The van der Waals surface area contributed by atoms with Crippen LogP contribution in [0.3, 0.4) is 0 Å². The van der Waals surface area contributed by atoms with Crippen LogP contribution in [0.4, 0.5) is 0 Å². The van der Waals surface area contributed by atoms with Gasteiger partial charge in [0.1, 0.15) is 5.76 Å². The van der Waals surface area contributed by atoms with Crippen molar-refractivity contribution in [3.63, 3.8) is 0 Å². The van der Waals surface area contributed by atoms with Gasteiger partial charge in [0.25, 0.3) is 5.91 Å². The van der Waals surface area contributed by atoms with Crippen molar-refractivity contribution < 1.29 is 9.32 Å². The monoisotopic (exact) mass is 314 g/mol. The van der Waals surface area contributed by atoms with E-state index in [1.807, 2.05) is 31.2 Å². The SMILES string of the molecule is CNC(=O)c1cccc([C@H]2CNCCN2Cc2cc(C)on2)c1. The van der Waals surface area contributed by atoms with Crippen molar-refractivity contribution in [1.29, 1.82) is 0 Å². The maximum atomic E-state index is 11.9. The molecule has 2 heterocycles. The zero-order valence-corrected chi connectivity index (χ0v) is 13.5. The van der Waals surface area contributed by atoms with Crippen molar-refractivity contribution in [1.82, 2.24) is 20.7 Å². The predicted octanol–water partition coefficient (Wildman–Crippen LogP) is 1.49. The molecule has 0 radical (unpaired) electrons. The lowest BCUT2D eigenvalue weighted by atomic mass is 10.0. The van der Waals surface area contributed by atoms with Crippen molar-refractivity contribution in [3.8, 4) is 0 Å². The number of aromatic nitrogens is 1. The van der Waals surface area contributed by atoms with Crippen LogP contribution in [-0.2, 0) is 6.54 Å². The minimum absolute atomic E-state index is 0.0608. The average Bonchev–Trinajstić information content (AvgIpc) is 2.99. The molecule has 1 atom stereocenters. The van der Waals surface area contributed by atoms with Gasteiger partial charge in [-0.25, -0.2) is 0 Å². The van der Waals surface area contributed by atoms with Crippen LogP contribution in [-0.4, -0.2) is 42.6 Å². The van der Waals surface area contributed by atoms with E-state index in [1.165, 1.54) is 0 Å². The summed E-state index contributed by atoms with van der Waals surface area (Å²) in [6.07, 6.45) is 0. The van der Waals surface area contributed by atoms with Crippen LogP contribution in [0.1, 0.15) is 33.4 Å². The molecule has 1 aromatic carbocycles. The normalized spacial score (nSPS) is 18.8. The lowest BCUT2D eigenvalue weighted by Gasteiger charge is -2.36. The van der Waals surface area contributed by atoms with Crippen molar-refractivity contribution >= 4 is 5.91 Å². The number of aryl methyl sites for hydroxylation is 1. The topological polar surface area (TPSA) is 70.4 Å². The Morgan fingerprint density at radius 2 is 2.35 bits per heavy atom. The smallest absolute Gasteiger partial charge is 0.251 e. The first-order chi connectivity index (χ1) is 11.2. The highest BCUT2D eigenvalue weighted by molar-refractivity contribution is 5.94. The molecule has 0 aliphatic carbocycles. The number of hydrogen-bond donors (Lipinski definition) is 2. The highest BCUT2D eigenvalue weighted by atomic mass is 16.5. The van der Waals surface area contributed by atoms with Gasteiger partial charge in [0, 0.05) is 50.9 Å². The molecule has 1 amide bonds. The fraction of sp³-hybridized carbons (Fsp3) is 0.412. The Hall–Kier alpha value is -2.18. The number of amides is 1. The van der Waals surface area contributed by atoms with E-state index < -0.39 is 0 Å². The van der Waals surface area contributed by atoms with Crippen LogP contribution in [0.2, 0.25) is 0 Å². The summed E-state index contributed by atoms with van der Waals surface area (Å²) in [6.45, 7) is 5.38. The Morgan fingerprint density at radius 3 is 3.09 bits per heavy atom. The second-order valence-corrected chi connectivity index (χ2v) is 5.82. The molecular formula is C17H22N4O2. The van der Waals surface area contributed by atoms with Gasteiger partial charge in [0.15, 0.2) is 0 Å². The molecule has 1 saturated heterocycles. The van der Waals surface area contributed by atoms with E-state index in [4.69, 9.17) is 4.52 Å². The summed E-state index contributed by atoms with van der Waals surface area (Å²) in [5.74, 6) is 0.766. The van der Waals surface area contributed by atoms with Crippen molar-refractivity contribution in [3.05, 3.63) is 52.9 Å². The van der Waals surface area contributed by atoms with Crippen LogP contribution in [0.25, 0.3) is 0 Å². The third-order valence-corrected chi connectivity index (χ3v) is 4.16. The molecule has 1 fully saturated rings. The van der Waals surface area contributed by atoms with Gasteiger partial charge in [-0.15, -0.1) is 0 Å². The summed E-state index contributed by atoms with van der Waals surface area (Å²) in [5, 5.41) is 10.2. The second-order valence-electron chi connectivity index (χ2n) is 5.82. The largest absolute Gasteiger partial charge is 0.361 e. The molecule has 0 saturated carbocycles. The van der Waals surface area contributed by atoms with Crippen molar-refractivity contribution in [2.75, 3.05) is 26.7 Å². The molecule has 1 aliphatic heterocycles. The van der Waals surface area contributed by atoms with Crippen LogP contribution in [0.15, 0.2) is 34.9 Å². The van der Waals surface area contributed by atoms with E-state index in [-0.39, 0.29) is 11.9 Å². The predicted molar refractivity (Wildman–Crippen MR) is 87.1 cm³/mol. The van der Waals surface area contributed by atoms with Gasteiger partial charge in [-0.05, 0) is 24.6 Å². The van der Waals surface area contributed by atoms with Crippen LogP contribution in [0, 0.1) is 6.92 Å². The van der Waals surface area contributed by atoms with Gasteiger partial charge in [-0.2, -0.15) is 0 Å². The first-order valence-corrected chi connectivity index (χ1v) is 7.86. The van der Waals surface area contributed by atoms with E-state index >= 15 is 0 Å². The van der Waals surface area contributed by atoms with E-state index in [1.54, 1.807) is 7.05 Å². The number of rotatable bonds is 4. The molecular weight excluding hydrogens is 292 g/mol. The minimum Gasteiger partial charge on any atom is -0.361 e. The summed E-state index contributed by atoms with van der Waals surface area (Å²) < 4.78 is 5.17. The molecule has 2 N–H and O–H groups in total. The molecule has 0 spiro atoms. The Labute approximate surface area is 135 Å². The average molecular weight is 314 g/mol.